The molecule has 0 aromatic heterocycles. The van der Waals surface area contributed by atoms with E-state index < -0.39 is 0 Å². The Kier molecular flexibility index (Phi) is 8.12. The molecule has 0 saturated carbocycles. The van der Waals surface area contributed by atoms with E-state index in [2.05, 4.69) is 26.1 Å². The van der Waals surface area contributed by atoms with E-state index in [-0.39, 0.29) is 0 Å². The first-order valence-electron chi connectivity index (χ1n) is 7.80. The Morgan fingerprint density at radius 2 is 1.70 bits per heavy atom. The minimum atomic E-state index is 0.384. The maximum absolute atomic E-state index is 5.98. The summed E-state index contributed by atoms with van der Waals surface area (Å²) in [6.07, 6.45) is 2.29. The van der Waals surface area contributed by atoms with Crippen LogP contribution in [0.3, 0.4) is 0 Å². The zero-order valence-electron chi connectivity index (χ0n) is 13.3. The highest BCUT2D eigenvalue weighted by molar-refractivity contribution is 5.39. The summed E-state index contributed by atoms with van der Waals surface area (Å²) in [6, 6.07) is 8.26. The van der Waals surface area contributed by atoms with Gasteiger partial charge in [0.2, 0.25) is 0 Å². The topological polar surface area (TPSA) is 30.5 Å². The third-order valence-corrected chi connectivity index (χ3v) is 3.55. The quantitative estimate of drug-likeness (QED) is 0.705. The molecule has 2 unspecified atom stereocenters. The molecule has 0 radical (unpaired) electrons. The van der Waals surface area contributed by atoms with E-state index in [0.29, 0.717) is 25.2 Å². The molecule has 1 aromatic carbocycles. The first-order valence-corrected chi connectivity index (χ1v) is 7.80. The van der Waals surface area contributed by atoms with Gasteiger partial charge in [-0.1, -0.05) is 39.3 Å². The molecule has 1 aromatic rings. The van der Waals surface area contributed by atoms with Gasteiger partial charge in [-0.3, -0.25) is 0 Å². The second-order valence-corrected chi connectivity index (χ2v) is 5.14. The van der Waals surface area contributed by atoms with Crippen molar-refractivity contribution in [3.8, 4) is 11.5 Å². The fourth-order valence-corrected chi connectivity index (χ4v) is 2.06. The van der Waals surface area contributed by atoms with Gasteiger partial charge in [0, 0.05) is 6.04 Å². The summed E-state index contributed by atoms with van der Waals surface area (Å²) in [5.74, 6) is 2.26. The molecule has 0 saturated heterocycles. The molecule has 0 spiro atoms. The van der Waals surface area contributed by atoms with E-state index in [1.54, 1.807) is 0 Å². The molecule has 0 heterocycles. The van der Waals surface area contributed by atoms with Gasteiger partial charge in [-0.05, 0) is 37.9 Å². The number of hydrogen-bond donors (Lipinski definition) is 1. The number of para-hydroxylation sites is 2. The molecule has 3 nitrogen and oxygen atoms in total. The Morgan fingerprint density at radius 3 is 2.25 bits per heavy atom. The van der Waals surface area contributed by atoms with Gasteiger partial charge in [0.25, 0.3) is 0 Å². The summed E-state index contributed by atoms with van der Waals surface area (Å²) < 4.78 is 11.6. The molecule has 0 aliphatic heterocycles. The number of nitrogens with one attached hydrogen (secondary N) is 1. The zero-order chi connectivity index (χ0) is 14.8. The molecule has 0 bridgehead atoms. The van der Waals surface area contributed by atoms with Crippen LogP contribution in [-0.2, 0) is 0 Å². The second-order valence-electron chi connectivity index (χ2n) is 5.14. The summed E-state index contributed by atoms with van der Waals surface area (Å²) in [5.41, 5.74) is 0. The van der Waals surface area contributed by atoms with Crippen LogP contribution in [0.25, 0.3) is 0 Å². The first-order chi connectivity index (χ1) is 9.72. The highest BCUT2D eigenvalue weighted by Crippen LogP contribution is 2.26. The lowest BCUT2D eigenvalue weighted by Crippen LogP contribution is -2.40. The fraction of sp³-hybridized carbons (Fsp3) is 0.647. The van der Waals surface area contributed by atoms with Crippen LogP contribution in [0.2, 0.25) is 0 Å². The molecular weight excluding hydrogens is 250 g/mol. The van der Waals surface area contributed by atoms with Crippen LogP contribution in [-0.4, -0.2) is 25.8 Å². The summed E-state index contributed by atoms with van der Waals surface area (Å²) in [7, 11) is 0. The molecule has 3 heteroatoms. The fourth-order valence-electron chi connectivity index (χ4n) is 2.06. The SMILES string of the molecule is CCCNC(COc1ccccc1OCC)C(C)CC. The van der Waals surface area contributed by atoms with Crippen LogP contribution >= 0.6 is 0 Å². The Morgan fingerprint density at radius 1 is 1.05 bits per heavy atom. The number of rotatable bonds is 10. The summed E-state index contributed by atoms with van der Waals surface area (Å²) in [6.45, 7) is 11.0. The van der Waals surface area contributed by atoms with E-state index in [1.807, 2.05) is 31.2 Å². The van der Waals surface area contributed by atoms with Gasteiger partial charge in [0.05, 0.1) is 6.61 Å². The molecule has 1 rings (SSSR count). The maximum Gasteiger partial charge on any atom is 0.161 e. The average molecular weight is 279 g/mol. The van der Waals surface area contributed by atoms with Crippen molar-refractivity contribution in [2.24, 2.45) is 5.92 Å². The third kappa shape index (κ3) is 5.41. The highest BCUT2D eigenvalue weighted by atomic mass is 16.5. The molecule has 0 aliphatic carbocycles. The minimum Gasteiger partial charge on any atom is -0.490 e. The first kappa shape index (κ1) is 16.8. The third-order valence-electron chi connectivity index (χ3n) is 3.55. The predicted octanol–water partition coefficient (Wildman–Crippen LogP) is 3.88. The standard InChI is InChI=1S/C17H29NO2/c1-5-12-18-15(14(4)6-2)13-20-17-11-9-8-10-16(17)19-7-3/h8-11,14-15,18H,5-7,12-13H2,1-4H3. The molecular formula is C17H29NO2. The van der Waals surface area contributed by atoms with Crippen molar-refractivity contribution in [3.05, 3.63) is 24.3 Å². The van der Waals surface area contributed by atoms with Crippen LogP contribution in [0.4, 0.5) is 0 Å². The van der Waals surface area contributed by atoms with Gasteiger partial charge in [0.15, 0.2) is 11.5 Å². The largest absolute Gasteiger partial charge is 0.490 e. The van der Waals surface area contributed by atoms with Gasteiger partial charge in [-0.15, -0.1) is 0 Å². The molecule has 2 atom stereocenters. The zero-order valence-corrected chi connectivity index (χ0v) is 13.3. The lowest BCUT2D eigenvalue weighted by atomic mass is 10.00. The van der Waals surface area contributed by atoms with Crippen LogP contribution in [0.5, 0.6) is 11.5 Å². The van der Waals surface area contributed by atoms with Crippen molar-refractivity contribution in [2.45, 2.75) is 46.6 Å². The lowest BCUT2D eigenvalue weighted by molar-refractivity contribution is 0.210. The minimum absolute atomic E-state index is 0.384. The maximum atomic E-state index is 5.98. The van der Waals surface area contributed by atoms with Crippen LogP contribution in [0, 0.1) is 5.92 Å². The van der Waals surface area contributed by atoms with Crippen molar-refractivity contribution in [2.75, 3.05) is 19.8 Å². The van der Waals surface area contributed by atoms with E-state index in [0.717, 1.165) is 30.9 Å². The molecule has 20 heavy (non-hydrogen) atoms. The Bertz CT molecular complexity index is 368. The van der Waals surface area contributed by atoms with Crippen molar-refractivity contribution < 1.29 is 9.47 Å². The second kappa shape index (κ2) is 9.65. The molecule has 0 fully saturated rings. The molecule has 1 N–H and O–H groups in total. The molecule has 114 valence electrons. The van der Waals surface area contributed by atoms with E-state index >= 15 is 0 Å². The average Bonchev–Trinajstić information content (AvgIpc) is 2.48. The predicted molar refractivity (Wildman–Crippen MR) is 84.6 cm³/mol. The van der Waals surface area contributed by atoms with E-state index in [9.17, 15) is 0 Å². The summed E-state index contributed by atoms with van der Waals surface area (Å²) in [5, 5.41) is 3.58. The molecule has 0 amide bonds. The van der Waals surface area contributed by atoms with Gasteiger partial charge in [0.1, 0.15) is 6.61 Å². The number of hydrogen-bond acceptors (Lipinski definition) is 3. The monoisotopic (exact) mass is 279 g/mol. The van der Waals surface area contributed by atoms with Gasteiger partial charge in [-0.2, -0.15) is 0 Å². The Hall–Kier alpha value is -1.22. The molecule has 0 aliphatic rings. The Labute approximate surface area is 123 Å². The van der Waals surface area contributed by atoms with Gasteiger partial charge in [-0.25, -0.2) is 0 Å². The van der Waals surface area contributed by atoms with Gasteiger partial charge >= 0.3 is 0 Å². The van der Waals surface area contributed by atoms with Crippen LogP contribution in [0.1, 0.15) is 40.5 Å². The van der Waals surface area contributed by atoms with Crippen molar-refractivity contribution >= 4 is 0 Å². The van der Waals surface area contributed by atoms with Crippen molar-refractivity contribution in [1.82, 2.24) is 5.32 Å². The van der Waals surface area contributed by atoms with E-state index in [1.165, 1.54) is 0 Å². The number of ether oxygens (including phenoxy) is 2. The highest BCUT2D eigenvalue weighted by Gasteiger charge is 2.16. The van der Waals surface area contributed by atoms with Crippen molar-refractivity contribution in [3.63, 3.8) is 0 Å². The summed E-state index contributed by atoms with van der Waals surface area (Å²) in [4.78, 5) is 0. The Balaban J connectivity index is 2.61. The summed E-state index contributed by atoms with van der Waals surface area (Å²) >= 11 is 0. The van der Waals surface area contributed by atoms with E-state index in [4.69, 9.17) is 9.47 Å². The normalized spacial score (nSPS) is 13.8. The number of benzene rings is 1. The van der Waals surface area contributed by atoms with Crippen molar-refractivity contribution in [1.29, 1.82) is 0 Å². The van der Waals surface area contributed by atoms with Crippen LogP contribution < -0.4 is 14.8 Å². The van der Waals surface area contributed by atoms with Gasteiger partial charge < -0.3 is 14.8 Å². The lowest BCUT2D eigenvalue weighted by Gasteiger charge is -2.25. The van der Waals surface area contributed by atoms with Crippen LogP contribution in [0.15, 0.2) is 24.3 Å². The smallest absolute Gasteiger partial charge is 0.161 e.